The molecule has 0 fully saturated rings. The molecule has 0 saturated carbocycles. The Bertz CT molecular complexity index is 523. The molecule has 2 N–H and O–H groups in total. The van der Waals surface area contributed by atoms with Crippen molar-refractivity contribution in [3.63, 3.8) is 0 Å². The molecule has 1 aromatic rings. The fourth-order valence-corrected chi connectivity index (χ4v) is 1.90. The van der Waals surface area contributed by atoms with Gasteiger partial charge in [0.15, 0.2) is 0 Å². The molecule has 0 aliphatic carbocycles. The third-order valence-corrected chi connectivity index (χ3v) is 3.28. The first-order chi connectivity index (χ1) is 9.49. The summed E-state index contributed by atoms with van der Waals surface area (Å²) in [5.41, 5.74) is 5.49. The number of halogens is 2. The summed E-state index contributed by atoms with van der Waals surface area (Å²) in [4.78, 5) is 14.4. The lowest BCUT2D eigenvalue weighted by Gasteiger charge is -2.09. The number of rotatable bonds is 7. The van der Waals surface area contributed by atoms with Crippen LogP contribution < -0.4 is 10.5 Å². The molecule has 1 rings (SSSR count). The number of nitrogens with two attached hydrogens (primary N) is 1. The smallest absolute Gasteiger partial charge is 0.296 e. The molecule has 0 atom stereocenters. The second kappa shape index (κ2) is 8.06. The van der Waals surface area contributed by atoms with Gasteiger partial charge in [-0.25, -0.2) is 4.99 Å². The van der Waals surface area contributed by atoms with Gasteiger partial charge in [-0.15, -0.1) is 11.6 Å². The van der Waals surface area contributed by atoms with Crippen LogP contribution in [-0.4, -0.2) is 23.2 Å². The van der Waals surface area contributed by atoms with Crippen LogP contribution in [-0.2, 0) is 0 Å². The van der Waals surface area contributed by atoms with E-state index in [0.29, 0.717) is 16.8 Å². The Morgan fingerprint density at radius 3 is 2.85 bits per heavy atom. The predicted octanol–water partition coefficient (Wildman–Crippen LogP) is 3.76. The van der Waals surface area contributed by atoms with E-state index in [2.05, 4.69) is 20.9 Å². The standard InChI is InChI=1S/C12H15BrClN3O3/c1-2-3-4-20-11-6-9(16-12(15)7-14)10(17(18)19)5-8(11)13/h5-6H,2-4,7H2,1H3,(H2,15,16). The maximum absolute atomic E-state index is 11.0. The molecule has 8 heteroatoms. The zero-order chi connectivity index (χ0) is 15.1. The summed E-state index contributed by atoms with van der Waals surface area (Å²) in [5.74, 6) is 0.598. The van der Waals surface area contributed by atoms with Crippen molar-refractivity contribution in [2.45, 2.75) is 19.8 Å². The summed E-state index contributed by atoms with van der Waals surface area (Å²) < 4.78 is 6.06. The summed E-state index contributed by atoms with van der Waals surface area (Å²) in [7, 11) is 0. The van der Waals surface area contributed by atoms with Crippen LogP contribution in [0.5, 0.6) is 5.75 Å². The lowest BCUT2D eigenvalue weighted by Crippen LogP contribution is -2.12. The number of nitrogens with zero attached hydrogens (tertiary/aromatic N) is 2. The number of aliphatic imine (C=N–C) groups is 1. The Morgan fingerprint density at radius 1 is 1.60 bits per heavy atom. The predicted molar refractivity (Wildman–Crippen MR) is 83.2 cm³/mol. The van der Waals surface area contributed by atoms with Crippen LogP contribution in [0.2, 0.25) is 0 Å². The van der Waals surface area contributed by atoms with Crippen LogP contribution in [0.25, 0.3) is 0 Å². The molecule has 0 aliphatic rings. The van der Waals surface area contributed by atoms with Gasteiger partial charge in [0.1, 0.15) is 17.3 Å². The molecular formula is C12H15BrClN3O3. The van der Waals surface area contributed by atoms with Crippen LogP contribution in [0.15, 0.2) is 21.6 Å². The van der Waals surface area contributed by atoms with Crippen molar-refractivity contribution in [2.75, 3.05) is 12.5 Å². The third kappa shape index (κ3) is 4.64. The van der Waals surface area contributed by atoms with Crippen molar-refractivity contribution < 1.29 is 9.66 Å². The van der Waals surface area contributed by atoms with Crippen molar-refractivity contribution in [3.8, 4) is 5.75 Å². The molecule has 0 saturated heterocycles. The molecule has 0 radical (unpaired) electrons. The summed E-state index contributed by atoms with van der Waals surface area (Å²) in [6, 6.07) is 2.83. The van der Waals surface area contributed by atoms with Crippen LogP contribution >= 0.6 is 27.5 Å². The molecule has 20 heavy (non-hydrogen) atoms. The fourth-order valence-electron chi connectivity index (χ4n) is 1.39. The number of unbranched alkanes of at least 4 members (excludes halogenated alkanes) is 1. The molecule has 0 heterocycles. The number of ether oxygens (including phenoxy) is 1. The van der Waals surface area contributed by atoms with E-state index in [1.54, 1.807) is 0 Å². The highest BCUT2D eigenvalue weighted by atomic mass is 79.9. The van der Waals surface area contributed by atoms with E-state index in [9.17, 15) is 10.1 Å². The Hall–Kier alpha value is -1.34. The topological polar surface area (TPSA) is 90.8 Å². The number of hydrogen-bond acceptors (Lipinski definition) is 4. The van der Waals surface area contributed by atoms with Crippen molar-refractivity contribution >= 4 is 44.7 Å². The zero-order valence-corrected chi connectivity index (χ0v) is 13.3. The summed E-state index contributed by atoms with van der Waals surface area (Å²) in [6.45, 7) is 2.58. The van der Waals surface area contributed by atoms with Gasteiger partial charge in [-0.3, -0.25) is 10.1 Å². The van der Waals surface area contributed by atoms with Crippen molar-refractivity contribution in [3.05, 3.63) is 26.7 Å². The monoisotopic (exact) mass is 363 g/mol. The molecule has 110 valence electrons. The van der Waals surface area contributed by atoms with E-state index < -0.39 is 4.92 Å². The van der Waals surface area contributed by atoms with Gasteiger partial charge in [0, 0.05) is 12.1 Å². The van der Waals surface area contributed by atoms with Crippen molar-refractivity contribution in [2.24, 2.45) is 10.7 Å². The van der Waals surface area contributed by atoms with E-state index in [1.807, 2.05) is 6.92 Å². The first-order valence-electron chi connectivity index (χ1n) is 5.99. The number of hydrogen-bond donors (Lipinski definition) is 1. The maximum atomic E-state index is 11.0. The Kier molecular flexibility index (Phi) is 6.74. The van der Waals surface area contributed by atoms with E-state index in [4.69, 9.17) is 22.1 Å². The average molecular weight is 365 g/mol. The second-order valence-corrected chi connectivity index (χ2v) is 5.09. The normalized spacial score (nSPS) is 11.4. The lowest BCUT2D eigenvalue weighted by atomic mass is 10.2. The van der Waals surface area contributed by atoms with Crippen molar-refractivity contribution in [1.29, 1.82) is 0 Å². The highest BCUT2D eigenvalue weighted by molar-refractivity contribution is 9.10. The molecule has 0 bridgehead atoms. The lowest BCUT2D eigenvalue weighted by molar-refractivity contribution is -0.384. The Morgan fingerprint density at radius 2 is 2.30 bits per heavy atom. The molecule has 0 amide bonds. The summed E-state index contributed by atoms with van der Waals surface area (Å²) >= 11 is 8.79. The van der Waals surface area contributed by atoms with Crippen LogP contribution in [0.4, 0.5) is 11.4 Å². The number of benzene rings is 1. The number of nitro benzene ring substituents is 1. The van der Waals surface area contributed by atoms with Gasteiger partial charge in [-0.1, -0.05) is 13.3 Å². The van der Waals surface area contributed by atoms with Crippen LogP contribution in [0.3, 0.4) is 0 Å². The van der Waals surface area contributed by atoms with Crippen LogP contribution in [0, 0.1) is 10.1 Å². The Labute approximate surface area is 130 Å². The highest BCUT2D eigenvalue weighted by Crippen LogP contribution is 2.37. The molecule has 6 nitrogen and oxygen atoms in total. The quantitative estimate of drug-likeness (QED) is 0.199. The molecule has 0 aliphatic heterocycles. The molecule has 0 spiro atoms. The van der Waals surface area contributed by atoms with E-state index in [1.165, 1.54) is 12.1 Å². The molecular weight excluding hydrogens is 350 g/mol. The van der Waals surface area contributed by atoms with E-state index >= 15 is 0 Å². The van der Waals surface area contributed by atoms with E-state index in [0.717, 1.165) is 12.8 Å². The average Bonchev–Trinajstić information content (AvgIpc) is 2.41. The molecule has 0 aromatic heterocycles. The Balaban J connectivity index is 3.17. The van der Waals surface area contributed by atoms with Gasteiger partial charge in [0.2, 0.25) is 0 Å². The summed E-state index contributed by atoms with van der Waals surface area (Å²) in [5, 5.41) is 11.0. The van der Waals surface area contributed by atoms with Gasteiger partial charge >= 0.3 is 0 Å². The molecule has 0 unspecified atom stereocenters. The van der Waals surface area contributed by atoms with Gasteiger partial charge in [-0.05, 0) is 22.4 Å². The van der Waals surface area contributed by atoms with Gasteiger partial charge < -0.3 is 10.5 Å². The number of amidine groups is 1. The fraction of sp³-hybridized carbons (Fsp3) is 0.417. The third-order valence-electron chi connectivity index (χ3n) is 2.38. The van der Waals surface area contributed by atoms with Gasteiger partial charge in [0.25, 0.3) is 5.69 Å². The minimum Gasteiger partial charge on any atom is -0.492 e. The van der Waals surface area contributed by atoms with Crippen molar-refractivity contribution in [1.82, 2.24) is 0 Å². The second-order valence-electron chi connectivity index (χ2n) is 3.97. The molecule has 1 aromatic carbocycles. The highest BCUT2D eigenvalue weighted by Gasteiger charge is 2.18. The maximum Gasteiger partial charge on any atom is 0.296 e. The van der Waals surface area contributed by atoms with E-state index in [-0.39, 0.29) is 23.1 Å². The summed E-state index contributed by atoms with van der Waals surface area (Å²) in [6.07, 6.45) is 1.89. The SMILES string of the molecule is CCCCOc1cc(N=C(N)CCl)c([N+](=O)[O-])cc1Br. The number of alkyl halides is 1. The van der Waals surface area contributed by atoms with Gasteiger partial charge in [0.05, 0.1) is 21.9 Å². The van der Waals surface area contributed by atoms with Crippen LogP contribution in [0.1, 0.15) is 19.8 Å². The minimum absolute atomic E-state index is 0.000751. The zero-order valence-electron chi connectivity index (χ0n) is 10.9. The largest absolute Gasteiger partial charge is 0.492 e. The van der Waals surface area contributed by atoms with Gasteiger partial charge in [-0.2, -0.15) is 0 Å². The first kappa shape index (κ1) is 16.7. The number of nitro groups is 1. The minimum atomic E-state index is -0.527. The first-order valence-corrected chi connectivity index (χ1v) is 7.32.